The number of ether oxygens (including phenoxy) is 2. The topological polar surface area (TPSA) is 55.3 Å². The first-order chi connectivity index (χ1) is 11.2. The molecule has 0 unspecified atom stereocenters. The monoisotopic (exact) mass is 386 g/mol. The molecule has 2 rings (SSSR count). The van der Waals surface area contributed by atoms with Crippen molar-refractivity contribution in [3.8, 4) is 11.5 Å². The molecule has 0 radical (unpaired) electrons. The molecule has 3 N–H and O–H groups in total. The van der Waals surface area contributed by atoms with Gasteiger partial charge in [-0.1, -0.05) is 35.2 Å². The van der Waals surface area contributed by atoms with Crippen molar-refractivity contribution in [2.45, 2.75) is 57.5 Å². The summed E-state index contributed by atoms with van der Waals surface area (Å²) in [6, 6.07) is 4.71. The van der Waals surface area contributed by atoms with Crippen LogP contribution < -0.4 is 14.8 Å². The zero-order valence-corrected chi connectivity index (χ0v) is 15.6. The van der Waals surface area contributed by atoms with Gasteiger partial charge >= 0.3 is 0 Å². The minimum atomic E-state index is -0.00200. The molecule has 130 valence electrons. The van der Waals surface area contributed by atoms with E-state index in [9.17, 15) is 0 Å². The average Bonchev–Trinajstić information content (AvgIpc) is 2.53. The quantitative estimate of drug-likeness (QED) is 0.756. The Morgan fingerprint density at radius 2 is 1.83 bits per heavy atom. The van der Waals surface area contributed by atoms with E-state index in [0.29, 0.717) is 5.75 Å². The van der Waals surface area contributed by atoms with Crippen LogP contribution in [0, 0.1) is 0 Å². The Morgan fingerprint density at radius 1 is 1.13 bits per heavy atom. The van der Waals surface area contributed by atoms with Crippen molar-refractivity contribution in [3.63, 3.8) is 0 Å². The lowest BCUT2D eigenvalue weighted by atomic mass is 9.96. The highest BCUT2D eigenvalue weighted by atomic mass is 79.9. The molecular weight excluding hydrogens is 358 g/mol. The van der Waals surface area contributed by atoms with Gasteiger partial charge in [0, 0.05) is 10.0 Å². The summed E-state index contributed by atoms with van der Waals surface area (Å²) in [5, 5.41) is 11.4. The van der Waals surface area contributed by atoms with Crippen molar-refractivity contribution >= 4 is 15.9 Å². The third-order valence-electron chi connectivity index (χ3n) is 4.50. The third kappa shape index (κ3) is 5.98. The van der Waals surface area contributed by atoms with Crippen LogP contribution in [0.5, 0.6) is 11.5 Å². The van der Waals surface area contributed by atoms with Gasteiger partial charge in [0.15, 0.2) is 11.5 Å². The fraction of sp³-hybridized carbons (Fsp3) is 0.667. The normalized spacial score (nSPS) is 16.7. The van der Waals surface area contributed by atoms with E-state index in [1.54, 1.807) is 7.11 Å². The van der Waals surface area contributed by atoms with E-state index >= 15 is 0 Å². The fourth-order valence-corrected chi connectivity index (χ4v) is 3.66. The van der Waals surface area contributed by atoms with Crippen LogP contribution in [-0.2, 0) is 6.54 Å². The van der Waals surface area contributed by atoms with E-state index < -0.39 is 0 Å². The van der Waals surface area contributed by atoms with Crippen LogP contribution >= 0.6 is 15.9 Å². The maximum absolute atomic E-state index is 8.90. The SMILES string of the molecule is COc1cc(C[NH2+]C2CCCCCCC2)c(Br)cc1OCCO. The molecule has 5 heteroatoms. The lowest BCUT2D eigenvalue weighted by Crippen LogP contribution is -2.88. The smallest absolute Gasteiger partial charge is 0.162 e. The van der Waals surface area contributed by atoms with Gasteiger partial charge in [0.05, 0.1) is 19.8 Å². The Labute approximate surface area is 147 Å². The Balaban J connectivity index is 1.98. The van der Waals surface area contributed by atoms with Crippen molar-refractivity contribution < 1.29 is 19.9 Å². The Bertz CT molecular complexity index is 474. The van der Waals surface area contributed by atoms with E-state index in [1.165, 1.54) is 50.5 Å². The standard InChI is InChI=1S/C18H28BrNO3/c1-22-17-11-14(16(19)12-18(17)23-10-9-21)13-20-15-7-5-3-2-4-6-8-15/h11-12,15,20-21H,2-10,13H2,1H3/p+1. The van der Waals surface area contributed by atoms with Crippen molar-refractivity contribution in [1.29, 1.82) is 0 Å². The molecule has 0 atom stereocenters. The molecule has 1 saturated carbocycles. The van der Waals surface area contributed by atoms with Gasteiger partial charge in [-0.2, -0.15) is 0 Å². The minimum Gasteiger partial charge on any atom is -0.493 e. The highest BCUT2D eigenvalue weighted by molar-refractivity contribution is 9.10. The minimum absolute atomic E-state index is 0.00200. The van der Waals surface area contributed by atoms with Gasteiger partial charge in [-0.05, 0) is 37.8 Å². The summed E-state index contributed by atoms with van der Waals surface area (Å²) in [6.45, 7) is 1.22. The molecule has 0 aromatic heterocycles. The molecule has 0 aliphatic heterocycles. The second kappa shape index (κ2) is 10.2. The predicted molar refractivity (Wildman–Crippen MR) is 95.0 cm³/mol. The Hall–Kier alpha value is -0.780. The third-order valence-corrected chi connectivity index (χ3v) is 5.24. The maximum atomic E-state index is 8.90. The number of quaternary nitrogens is 1. The molecule has 1 fully saturated rings. The highest BCUT2D eigenvalue weighted by Gasteiger charge is 2.16. The maximum Gasteiger partial charge on any atom is 0.162 e. The summed E-state index contributed by atoms with van der Waals surface area (Å²) < 4.78 is 12.0. The molecule has 1 aromatic rings. The Morgan fingerprint density at radius 3 is 2.48 bits per heavy atom. The first kappa shape index (κ1) is 18.6. The lowest BCUT2D eigenvalue weighted by Gasteiger charge is -2.19. The summed E-state index contributed by atoms with van der Waals surface area (Å²) in [5.41, 5.74) is 1.22. The number of rotatable bonds is 7. The van der Waals surface area contributed by atoms with Crippen LogP contribution in [0.4, 0.5) is 0 Å². The number of hydrogen-bond donors (Lipinski definition) is 2. The van der Waals surface area contributed by atoms with E-state index in [1.807, 2.05) is 12.1 Å². The molecule has 0 amide bonds. The van der Waals surface area contributed by atoms with Crippen molar-refractivity contribution in [3.05, 3.63) is 22.2 Å². The predicted octanol–water partition coefficient (Wildman–Crippen LogP) is 3.01. The first-order valence-electron chi connectivity index (χ1n) is 8.68. The molecule has 0 heterocycles. The van der Waals surface area contributed by atoms with Gasteiger partial charge in [-0.25, -0.2) is 0 Å². The van der Waals surface area contributed by atoms with Gasteiger partial charge in [0.25, 0.3) is 0 Å². The van der Waals surface area contributed by atoms with Gasteiger partial charge in [-0.3, -0.25) is 0 Å². The molecular formula is C18H29BrNO3+. The van der Waals surface area contributed by atoms with Crippen LogP contribution in [0.1, 0.15) is 50.5 Å². The molecule has 0 spiro atoms. The molecule has 1 aromatic carbocycles. The average molecular weight is 387 g/mol. The number of hydrogen-bond acceptors (Lipinski definition) is 3. The van der Waals surface area contributed by atoms with E-state index in [4.69, 9.17) is 14.6 Å². The Kier molecular flexibility index (Phi) is 8.20. The summed E-state index contributed by atoms with van der Waals surface area (Å²) in [5.74, 6) is 1.39. The van der Waals surface area contributed by atoms with Gasteiger partial charge < -0.3 is 19.9 Å². The molecule has 0 bridgehead atoms. The second-order valence-electron chi connectivity index (χ2n) is 6.21. The van der Waals surface area contributed by atoms with Crippen molar-refractivity contribution in [1.82, 2.24) is 0 Å². The first-order valence-corrected chi connectivity index (χ1v) is 9.47. The van der Waals surface area contributed by atoms with E-state index in [2.05, 4.69) is 21.2 Å². The zero-order valence-electron chi connectivity index (χ0n) is 14.0. The van der Waals surface area contributed by atoms with Crippen molar-refractivity contribution in [2.24, 2.45) is 0 Å². The number of nitrogens with two attached hydrogens (primary N) is 1. The highest BCUT2D eigenvalue weighted by Crippen LogP contribution is 2.33. The van der Waals surface area contributed by atoms with Crippen LogP contribution in [-0.4, -0.2) is 31.5 Å². The van der Waals surface area contributed by atoms with E-state index in [0.717, 1.165) is 22.8 Å². The van der Waals surface area contributed by atoms with Crippen LogP contribution in [0.3, 0.4) is 0 Å². The lowest BCUT2D eigenvalue weighted by molar-refractivity contribution is -0.706. The largest absolute Gasteiger partial charge is 0.493 e. The number of benzene rings is 1. The summed E-state index contributed by atoms with van der Waals surface area (Å²) in [6.07, 6.45) is 9.56. The van der Waals surface area contributed by atoms with Crippen LogP contribution in [0.2, 0.25) is 0 Å². The summed E-state index contributed by atoms with van der Waals surface area (Å²) in [7, 11) is 1.65. The number of halogens is 1. The molecule has 23 heavy (non-hydrogen) atoms. The van der Waals surface area contributed by atoms with Crippen LogP contribution in [0.25, 0.3) is 0 Å². The van der Waals surface area contributed by atoms with E-state index in [-0.39, 0.29) is 13.2 Å². The molecule has 1 aliphatic rings. The summed E-state index contributed by atoms with van der Waals surface area (Å²) in [4.78, 5) is 0. The van der Waals surface area contributed by atoms with Gasteiger partial charge in [-0.15, -0.1) is 0 Å². The molecule has 0 saturated heterocycles. The number of aliphatic hydroxyl groups excluding tert-OH is 1. The zero-order chi connectivity index (χ0) is 16.5. The molecule has 1 aliphatic carbocycles. The molecule has 4 nitrogen and oxygen atoms in total. The number of methoxy groups -OCH3 is 1. The van der Waals surface area contributed by atoms with Gasteiger partial charge in [0.2, 0.25) is 0 Å². The van der Waals surface area contributed by atoms with Gasteiger partial charge in [0.1, 0.15) is 13.2 Å². The summed E-state index contributed by atoms with van der Waals surface area (Å²) >= 11 is 3.64. The second-order valence-corrected chi connectivity index (χ2v) is 7.07. The fourth-order valence-electron chi connectivity index (χ4n) is 3.18. The van der Waals surface area contributed by atoms with Crippen LogP contribution in [0.15, 0.2) is 16.6 Å². The number of aliphatic hydroxyl groups is 1. The van der Waals surface area contributed by atoms with Crippen molar-refractivity contribution in [2.75, 3.05) is 20.3 Å².